The first-order valence-corrected chi connectivity index (χ1v) is 9.10. The standard InChI is InChI=1S/C16H25F2N3OS.HI/c1-3-19-16(20-9-4-5-10-23-2)21-12-13-7-6-8-14(11-13)22-15(17)18;/h6-8,11,15H,3-5,9-10,12H2,1-2H3,(H2,19,20,21);1H. The molecule has 2 N–H and O–H groups in total. The molecule has 0 unspecified atom stereocenters. The maximum absolute atomic E-state index is 12.2. The molecule has 0 atom stereocenters. The van der Waals surface area contributed by atoms with Crippen molar-refractivity contribution < 1.29 is 13.5 Å². The van der Waals surface area contributed by atoms with Gasteiger partial charge in [0, 0.05) is 13.1 Å². The summed E-state index contributed by atoms with van der Waals surface area (Å²) in [7, 11) is 0. The van der Waals surface area contributed by atoms with Gasteiger partial charge in [-0.3, -0.25) is 0 Å². The summed E-state index contributed by atoms with van der Waals surface area (Å²) in [5.41, 5.74) is 0.822. The second-order valence-corrected chi connectivity index (χ2v) is 5.83. The van der Waals surface area contributed by atoms with Gasteiger partial charge in [-0.2, -0.15) is 20.5 Å². The first kappa shape index (κ1) is 23.2. The van der Waals surface area contributed by atoms with Gasteiger partial charge in [-0.05, 0) is 49.5 Å². The van der Waals surface area contributed by atoms with Crippen LogP contribution in [0.5, 0.6) is 5.75 Å². The lowest BCUT2D eigenvalue weighted by Gasteiger charge is -2.11. The average molecular weight is 473 g/mol. The normalized spacial score (nSPS) is 11.1. The van der Waals surface area contributed by atoms with Gasteiger partial charge in [0.2, 0.25) is 0 Å². The maximum atomic E-state index is 12.2. The number of hydrogen-bond donors (Lipinski definition) is 2. The molecule has 8 heteroatoms. The molecule has 0 saturated heterocycles. The van der Waals surface area contributed by atoms with Crippen LogP contribution in [0.1, 0.15) is 25.3 Å². The van der Waals surface area contributed by atoms with E-state index in [4.69, 9.17) is 0 Å². The van der Waals surface area contributed by atoms with E-state index in [1.54, 1.807) is 12.1 Å². The zero-order valence-electron chi connectivity index (χ0n) is 14.1. The molecule has 0 bridgehead atoms. The summed E-state index contributed by atoms with van der Waals surface area (Å²) in [5, 5.41) is 6.45. The number of thioether (sulfide) groups is 1. The molecule has 1 rings (SSSR count). The van der Waals surface area contributed by atoms with Gasteiger partial charge < -0.3 is 15.4 Å². The van der Waals surface area contributed by atoms with E-state index in [2.05, 4.69) is 26.6 Å². The molecule has 24 heavy (non-hydrogen) atoms. The van der Waals surface area contributed by atoms with Gasteiger partial charge >= 0.3 is 6.61 Å². The van der Waals surface area contributed by atoms with E-state index in [-0.39, 0.29) is 29.7 Å². The van der Waals surface area contributed by atoms with Crippen LogP contribution in [0.4, 0.5) is 8.78 Å². The highest BCUT2D eigenvalue weighted by molar-refractivity contribution is 14.0. The van der Waals surface area contributed by atoms with E-state index in [1.165, 1.54) is 12.5 Å². The Morgan fingerprint density at radius 1 is 1.29 bits per heavy atom. The summed E-state index contributed by atoms with van der Waals surface area (Å²) < 4.78 is 28.8. The first-order chi connectivity index (χ1) is 11.2. The highest BCUT2D eigenvalue weighted by Gasteiger charge is 2.04. The third-order valence-corrected chi connectivity index (χ3v) is 3.65. The van der Waals surface area contributed by atoms with Crippen molar-refractivity contribution in [3.8, 4) is 5.75 Å². The molecular weight excluding hydrogens is 447 g/mol. The molecule has 0 spiro atoms. The van der Waals surface area contributed by atoms with Crippen LogP contribution in [0.2, 0.25) is 0 Å². The van der Waals surface area contributed by atoms with Crippen LogP contribution < -0.4 is 15.4 Å². The Bertz CT molecular complexity index is 478. The summed E-state index contributed by atoms with van der Waals surface area (Å²) in [6.07, 6.45) is 4.36. The number of unbranched alkanes of at least 4 members (excludes halogenated alkanes) is 1. The van der Waals surface area contributed by atoms with Gasteiger partial charge in [-0.25, -0.2) is 4.99 Å². The Morgan fingerprint density at radius 2 is 2.08 bits per heavy atom. The fourth-order valence-electron chi connectivity index (χ4n) is 1.91. The van der Waals surface area contributed by atoms with Crippen molar-refractivity contribution >= 4 is 41.7 Å². The van der Waals surface area contributed by atoms with Crippen molar-refractivity contribution in [3.63, 3.8) is 0 Å². The summed E-state index contributed by atoms with van der Waals surface area (Å²) in [6.45, 7) is 1.23. The second kappa shape index (κ2) is 14.6. The van der Waals surface area contributed by atoms with Crippen molar-refractivity contribution in [1.82, 2.24) is 10.6 Å². The minimum absolute atomic E-state index is 0. The van der Waals surface area contributed by atoms with Crippen LogP contribution in [0, 0.1) is 0 Å². The Hall–Kier alpha value is -0.770. The van der Waals surface area contributed by atoms with Crippen molar-refractivity contribution in [2.24, 2.45) is 4.99 Å². The third kappa shape index (κ3) is 10.9. The molecular formula is C16H26F2IN3OS. The molecule has 0 aliphatic heterocycles. The van der Waals surface area contributed by atoms with Gasteiger partial charge in [0.1, 0.15) is 5.75 Å². The summed E-state index contributed by atoms with van der Waals surface area (Å²) in [4.78, 5) is 4.47. The fraction of sp³-hybridized carbons (Fsp3) is 0.562. The lowest BCUT2D eigenvalue weighted by atomic mass is 10.2. The first-order valence-electron chi connectivity index (χ1n) is 7.70. The Morgan fingerprint density at radius 3 is 2.75 bits per heavy atom. The third-order valence-electron chi connectivity index (χ3n) is 2.96. The molecule has 1 aromatic carbocycles. The number of rotatable bonds is 10. The van der Waals surface area contributed by atoms with Crippen LogP contribution >= 0.6 is 35.7 Å². The quantitative estimate of drug-likeness (QED) is 0.233. The van der Waals surface area contributed by atoms with Crippen LogP contribution in [0.15, 0.2) is 29.3 Å². The number of ether oxygens (including phenoxy) is 1. The number of alkyl halides is 2. The molecule has 1 aromatic rings. The molecule has 0 radical (unpaired) electrons. The van der Waals surface area contributed by atoms with Crippen molar-refractivity contribution in [1.29, 1.82) is 0 Å². The monoisotopic (exact) mass is 473 g/mol. The van der Waals surface area contributed by atoms with Gasteiger partial charge in [0.05, 0.1) is 6.54 Å². The van der Waals surface area contributed by atoms with Crippen molar-refractivity contribution in [2.45, 2.75) is 32.9 Å². The minimum atomic E-state index is -2.81. The van der Waals surface area contributed by atoms with Gasteiger partial charge in [0.25, 0.3) is 0 Å². The molecule has 0 heterocycles. The smallest absolute Gasteiger partial charge is 0.387 e. The second-order valence-electron chi connectivity index (χ2n) is 4.85. The van der Waals surface area contributed by atoms with Crippen LogP contribution in [0.3, 0.4) is 0 Å². The van der Waals surface area contributed by atoms with Crippen molar-refractivity contribution in [3.05, 3.63) is 29.8 Å². The zero-order chi connectivity index (χ0) is 16.9. The molecule has 0 fully saturated rings. The molecule has 138 valence electrons. The summed E-state index contributed by atoms with van der Waals surface area (Å²) in [6, 6.07) is 6.61. The number of nitrogens with zero attached hydrogens (tertiary/aromatic N) is 1. The Balaban J connectivity index is 0.00000529. The number of benzene rings is 1. The highest BCUT2D eigenvalue weighted by atomic mass is 127. The molecule has 0 saturated carbocycles. The van der Waals surface area contributed by atoms with Gasteiger partial charge in [-0.15, -0.1) is 24.0 Å². The van der Waals surface area contributed by atoms with Crippen LogP contribution in [-0.2, 0) is 6.54 Å². The summed E-state index contributed by atoms with van der Waals surface area (Å²) >= 11 is 1.84. The Kier molecular flexibility index (Phi) is 14.1. The number of aliphatic imine (C=N–C) groups is 1. The lowest BCUT2D eigenvalue weighted by Crippen LogP contribution is -2.37. The molecule has 0 aliphatic rings. The van der Waals surface area contributed by atoms with Gasteiger partial charge in [-0.1, -0.05) is 12.1 Å². The largest absolute Gasteiger partial charge is 0.435 e. The van der Waals surface area contributed by atoms with Crippen molar-refractivity contribution in [2.75, 3.05) is 25.1 Å². The maximum Gasteiger partial charge on any atom is 0.387 e. The number of guanidine groups is 1. The summed E-state index contributed by atoms with van der Waals surface area (Å²) in [5.74, 6) is 2.05. The van der Waals surface area contributed by atoms with E-state index >= 15 is 0 Å². The Labute approximate surface area is 164 Å². The predicted molar refractivity (Wildman–Crippen MR) is 109 cm³/mol. The van der Waals surface area contributed by atoms with Crippen LogP contribution in [0.25, 0.3) is 0 Å². The zero-order valence-corrected chi connectivity index (χ0v) is 17.2. The highest BCUT2D eigenvalue weighted by Crippen LogP contribution is 2.16. The van der Waals surface area contributed by atoms with E-state index in [1.807, 2.05) is 24.8 Å². The van der Waals surface area contributed by atoms with Gasteiger partial charge in [0.15, 0.2) is 5.96 Å². The number of hydrogen-bond acceptors (Lipinski definition) is 3. The molecule has 0 aliphatic carbocycles. The number of halogens is 3. The van der Waals surface area contributed by atoms with Crippen LogP contribution in [-0.4, -0.2) is 37.7 Å². The predicted octanol–water partition coefficient (Wildman–Crippen LogP) is 4.10. The fourth-order valence-corrected chi connectivity index (χ4v) is 2.40. The topological polar surface area (TPSA) is 45.7 Å². The lowest BCUT2D eigenvalue weighted by molar-refractivity contribution is -0.0498. The average Bonchev–Trinajstić information content (AvgIpc) is 2.52. The van der Waals surface area contributed by atoms with E-state index in [9.17, 15) is 8.78 Å². The van der Waals surface area contributed by atoms with E-state index < -0.39 is 6.61 Å². The molecule has 0 amide bonds. The van der Waals surface area contributed by atoms with E-state index in [0.29, 0.717) is 6.54 Å². The number of nitrogens with one attached hydrogen (secondary N) is 2. The SMILES string of the molecule is CCNC(=NCc1cccc(OC(F)F)c1)NCCCCSC.I. The van der Waals surface area contributed by atoms with E-state index in [0.717, 1.165) is 36.8 Å². The molecule has 4 nitrogen and oxygen atoms in total. The minimum Gasteiger partial charge on any atom is -0.435 e. The molecule has 0 aromatic heterocycles.